The van der Waals surface area contributed by atoms with Crippen LogP contribution in [0.25, 0.3) is 0 Å². The summed E-state index contributed by atoms with van der Waals surface area (Å²) in [7, 11) is 0. The van der Waals surface area contributed by atoms with Crippen LogP contribution in [0.15, 0.2) is 0 Å². The number of hydrogen-bond acceptors (Lipinski definition) is 1. The van der Waals surface area contributed by atoms with Crippen LogP contribution in [0.5, 0.6) is 0 Å². The summed E-state index contributed by atoms with van der Waals surface area (Å²) in [4.78, 5) is 0. The quantitative estimate of drug-likeness (QED) is 0.737. The van der Waals surface area contributed by atoms with Crippen molar-refractivity contribution in [3.8, 4) is 0 Å². The third kappa shape index (κ3) is 2.87. The summed E-state index contributed by atoms with van der Waals surface area (Å²) in [6.07, 6.45) is 2.10. The van der Waals surface area contributed by atoms with Crippen LogP contribution in [-0.4, -0.2) is 18.5 Å². The highest BCUT2D eigenvalue weighted by molar-refractivity contribution is 5.85. The van der Waals surface area contributed by atoms with Crippen molar-refractivity contribution in [3.05, 3.63) is 0 Å². The molecular weight excluding hydrogens is 184 g/mol. The van der Waals surface area contributed by atoms with Gasteiger partial charge in [0.2, 0.25) is 0 Å². The highest BCUT2D eigenvalue weighted by Gasteiger charge is 2.39. The lowest BCUT2D eigenvalue weighted by molar-refractivity contribution is -0.0395. The van der Waals surface area contributed by atoms with Crippen molar-refractivity contribution in [2.75, 3.05) is 6.54 Å². The molecule has 1 unspecified atom stereocenters. The van der Waals surface area contributed by atoms with Crippen molar-refractivity contribution in [2.45, 2.75) is 44.6 Å². The van der Waals surface area contributed by atoms with Gasteiger partial charge in [-0.15, -0.1) is 12.4 Å². The molecule has 74 valence electrons. The normalized spacial score (nSPS) is 23.8. The summed E-state index contributed by atoms with van der Waals surface area (Å²) < 4.78 is 26.1. The van der Waals surface area contributed by atoms with Gasteiger partial charge in [-0.2, -0.15) is 0 Å². The second kappa shape index (κ2) is 4.97. The molecule has 0 aromatic heterocycles. The summed E-state index contributed by atoms with van der Waals surface area (Å²) in [5, 5.41) is 2.83. The van der Waals surface area contributed by atoms with E-state index < -0.39 is 12.0 Å². The fourth-order valence-corrected chi connectivity index (χ4v) is 1.55. The lowest BCUT2D eigenvalue weighted by Gasteiger charge is -2.22. The maximum atomic E-state index is 13.1. The molecule has 4 heteroatoms. The Morgan fingerprint density at radius 1 is 1.50 bits per heavy atom. The third-order valence-corrected chi connectivity index (χ3v) is 2.15. The minimum absolute atomic E-state index is 0. The lowest BCUT2D eigenvalue weighted by Crippen LogP contribution is -2.40. The minimum Gasteiger partial charge on any atom is -0.309 e. The monoisotopic (exact) mass is 199 g/mol. The zero-order valence-corrected chi connectivity index (χ0v) is 8.09. The topological polar surface area (TPSA) is 12.0 Å². The average molecular weight is 200 g/mol. The molecule has 0 radical (unpaired) electrons. The van der Waals surface area contributed by atoms with E-state index in [9.17, 15) is 8.78 Å². The maximum absolute atomic E-state index is 13.1. The van der Waals surface area contributed by atoms with Crippen LogP contribution >= 0.6 is 12.4 Å². The molecule has 0 spiro atoms. The van der Waals surface area contributed by atoms with Crippen LogP contribution in [0.4, 0.5) is 8.78 Å². The van der Waals surface area contributed by atoms with E-state index in [0.717, 1.165) is 13.0 Å². The zero-order valence-electron chi connectivity index (χ0n) is 7.28. The highest BCUT2D eigenvalue weighted by atomic mass is 35.5. The highest BCUT2D eigenvalue weighted by Crippen LogP contribution is 2.29. The molecule has 0 bridgehead atoms. The van der Waals surface area contributed by atoms with E-state index in [2.05, 4.69) is 5.32 Å². The molecule has 1 aliphatic heterocycles. The fourth-order valence-electron chi connectivity index (χ4n) is 1.55. The summed E-state index contributed by atoms with van der Waals surface area (Å²) in [5.74, 6) is -2.48. The molecular formula is C8H16ClF2N. The third-order valence-electron chi connectivity index (χ3n) is 2.15. The van der Waals surface area contributed by atoms with Gasteiger partial charge in [0, 0.05) is 6.42 Å². The Kier molecular flexibility index (Phi) is 5.02. The van der Waals surface area contributed by atoms with Crippen LogP contribution in [0.1, 0.15) is 32.6 Å². The van der Waals surface area contributed by atoms with Gasteiger partial charge in [-0.3, -0.25) is 0 Å². The average Bonchev–Trinajstić information content (AvgIpc) is 2.37. The Bertz CT molecular complexity index is 124. The molecule has 0 aromatic carbocycles. The van der Waals surface area contributed by atoms with Gasteiger partial charge in [0.15, 0.2) is 0 Å². The van der Waals surface area contributed by atoms with Gasteiger partial charge >= 0.3 is 0 Å². The van der Waals surface area contributed by atoms with Crippen molar-refractivity contribution >= 4 is 12.4 Å². The molecule has 0 amide bonds. The summed E-state index contributed by atoms with van der Waals surface area (Å²) in [6.45, 7) is 2.55. The minimum atomic E-state index is -2.48. The zero-order chi connectivity index (χ0) is 8.32. The van der Waals surface area contributed by atoms with E-state index in [0.29, 0.717) is 12.8 Å². The van der Waals surface area contributed by atoms with E-state index in [1.54, 1.807) is 6.92 Å². The number of nitrogens with one attached hydrogen (secondary N) is 1. The number of halogens is 3. The van der Waals surface area contributed by atoms with Crippen molar-refractivity contribution in [1.29, 1.82) is 0 Å². The van der Waals surface area contributed by atoms with Crippen LogP contribution in [0, 0.1) is 0 Å². The number of hydrogen-bond donors (Lipinski definition) is 1. The van der Waals surface area contributed by atoms with E-state index in [4.69, 9.17) is 0 Å². The first-order valence-electron chi connectivity index (χ1n) is 4.28. The second-order valence-electron chi connectivity index (χ2n) is 3.16. The molecule has 1 heterocycles. The largest absolute Gasteiger partial charge is 0.309 e. The molecule has 1 nitrogen and oxygen atoms in total. The first-order chi connectivity index (χ1) is 5.17. The van der Waals surface area contributed by atoms with Gasteiger partial charge in [-0.05, 0) is 19.4 Å². The summed E-state index contributed by atoms with van der Waals surface area (Å²) in [6, 6.07) is -0.553. The molecule has 1 saturated heterocycles. The van der Waals surface area contributed by atoms with Crippen LogP contribution < -0.4 is 5.32 Å². The summed E-state index contributed by atoms with van der Waals surface area (Å²) >= 11 is 0. The molecule has 1 N–H and O–H groups in total. The van der Waals surface area contributed by atoms with Crippen LogP contribution in [-0.2, 0) is 0 Å². The first kappa shape index (κ1) is 12.1. The predicted octanol–water partition coefficient (Wildman–Crippen LogP) is 2.60. The summed E-state index contributed by atoms with van der Waals surface area (Å²) in [5.41, 5.74) is 0. The molecule has 0 aromatic rings. The van der Waals surface area contributed by atoms with Crippen LogP contribution in [0.3, 0.4) is 0 Å². The van der Waals surface area contributed by atoms with E-state index >= 15 is 0 Å². The lowest BCUT2D eigenvalue weighted by atomic mass is 10.0. The second-order valence-corrected chi connectivity index (χ2v) is 3.16. The van der Waals surface area contributed by atoms with Crippen molar-refractivity contribution < 1.29 is 8.78 Å². The van der Waals surface area contributed by atoms with Gasteiger partial charge in [-0.1, -0.05) is 13.3 Å². The van der Waals surface area contributed by atoms with Gasteiger partial charge < -0.3 is 5.32 Å². The Labute approximate surface area is 78.3 Å². The van der Waals surface area contributed by atoms with E-state index in [1.807, 2.05) is 0 Å². The predicted molar refractivity (Wildman–Crippen MR) is 48.1 cm³/mol. The molecule has 1 atom stereocenters. The van der Waals surface area contributed by atoms with Crippen LogP contribution in [0.2, 0.25) is 0 Å². The Hall–Kier alpha value is 0.110. The van der Waals surface area contributed by atoms with Gasteiger partial charge in [-0.25, -0.2) is 8.78 Å². The maximum Gasteiger partial charge on any atom is 0.263 e. The van der Waals surface area contributed by atoms with E-state index in [1.165, 1.54) is 0 Å². The van der Waals surface area contributed by atoms with E-state index in [-0.39, 0.29) is 18.8 Å². The smallest absolute Gasteiger partial charge is 0.263 e. The van der Waals surface area contributed by atoms with Crippen molar-refractivity contribution in [3.63, 3.8) is 0 Å². The molecule has 0 saturated carbocycles. The molecule has 1 aliphatic rings. The number of alkyl halides is 2. The molecule has 1 rings (SSSR count). The Balaban J connectivity index is 0.00000121. The molecule has 1 fully saturated rings. The Morgan fingerprint density at radius 2 is 2.17 bits per heavy atom. The van der Waals surface area contributed by atoms with Crippen molar-refractivity contribution in [1.82, 2.24) is 5.32 Å². The van der Waals surface area contributed by atoms with Crippen molar-refractivity contribution in [2.24, 2.45) is 0 Å². The van der Waals surface area contributed by atoms with Gasteiger partial charge in [0.05, 0.1) is 6.04 Å². The van der Waals surface area contributed by atoms with Gasteiger partial charge in [0.1, 0.15) is 0 Å². The SMILES string of the molecule is CCCC(F)(F)C1CCCN1.Cl. The van der Waals surface area contributed by atoms with Gasteiger partial charge in [0.25, 0.3) is 5.92 Å². The fraction of sp³-hybridized carbons (Fsp3) is 1.00. The standard InChI is InChI=1S/C8H15F2N.ClH/c1-2-5-8(9,10)7-4-3-6-11-7;/h7,11H,2-6H2,1H3;1H. The molecule has 0 aliphatic carbocycles. The Morgan fingerprint density at radius 3 is 2.58 bits per heavy atom. The number of rotatable bonds is 3. The first-order valence-corrected chi connectivity index (χ1v) is 4.28. The molecule has 12 heavy (non-hydrogen) atoms.